The highest BCUT2D eigenvalue weighted by Crippen LogP contribution is 2.28. The van der Waals surface area contributed by atoms with Crippen LogP contribution in [0.3, 0.4) is 0 Å². The molecular formula is C21H17BrN4O2S. The van der Waals surface area contributed by atoms with Crippen LogP contribution in [-0.2, 0) is 11.8 Å². The standard InChI is InChI=1S/C21H17BrN4O2S/c1-26-18-5-3-2-4-17(18)24-21(26)29-12-20(28)25-23-11-16-15-8-7-14(22)10-13(15)6-9-19(16)27/h2-11,27H,12H2,1H3,(H,25,28). The zero-order chi connectivity index (χ0) is 20.4. The summed E-state index contributed by atoms with van der Waals surface area (Å²) in [5.41, 5.74) is 4.98. The molecule has 6 nitrogen and oxygen atoms in total. The van der Waals surface area contributed by atoms with E-state index >= 15 is 0 Å². The van der Waals surface area contributed by atoms with Crippen molar-refractivity contribution >= 4 is 61.6 Å². The van der Waals surface area contributed by atoms with Gasteiger partial charge in [0.2, 0.25) is 0 Å². The van der Waals surface area contributed by atoms with Gasteiger partial charge in [0.15, 0.2) is 5.16 Å². The fourth-order valence-corrected chi connectivity index (χ4v) is 4.19. The second-order valence-corrected chi connectivity index (χ2v) is 8.25. The lowest BCUT2D eigenvalue weighted by atomic mass is 10.0. The van der Waals surface area contributed by atoms with Gasteiger partial charge < -0.3 is 9.67 Å². The summed E-state index contributed by atoms with van der Waals surface area (Å²) >= 11 is 4.78. The van der Waals surface area contributed by atoms with Crippen LogP contribution in [-0.4, -0.2) is 32.5 Å². The molecular weight excluding hydrogens is 452 g/mol. The predicted molar refractivity (Wildman–Crippen MR) is 120 cm³/mol. The van der Waals surface area contributed by atoms with Gasteiger partial charge >= 0.3 is 0 Å². The molecule has 0 unspecified atom stereocenters. The number of benzene rings is 3. The van der Waals surface area contributed by atoms with Crippen molar-refractivity contribution in [3.05, 3.63) is 64.6 Å². The van der Waals surface area contributed by atoms with E-state index in [1.165, 1.54) is 18.0 Å². The van der Waals surface area contributed by atoms with Gasteiger partial charge in [0.25, 0.3) is 5.91 Å². The van der Waals surface area contributed by atoms with E-state index in [0.29, 0.717) is 5.56 Å². The van der Waals surface area contributed by atoms with E-state index in [1.807, 2.05) is 60.1 Å². The van der Waals surface area contributed by atoms with Crippen molar-refractivity contribution in [2.75, 3.05) is 5.75 Å². The average Bonchev–Trinajstić information content (AvgIpc) is 3.04. The molecule has 0 aliphatic heterocycles. The molecule has 2 N–H and O–H groups in total. The minimum absolute atomic E-state index is 0.104. The van der Waals surface area contributed by atoms with Crippen LogP contribution in [0.1, 0.15) is 5.56 Å². The molecule has 0 radical (unpaired) electrons. The number of aryl methyl sites for hydroxylation is 1. The Balaban J connectivity index is 1.43. The van der Waals surface area contributed by atoms with E-state index in [1.54, 1.807) is 6.07 Å². The summed E-state index contributed by atoms with van der Waals surface area (Å²) in [6, 6.07) is 17.0. The van der Waals surface area contributed by atoms with Crippen LogP contribution in [0.5, 0.6) is 5.75 Å². The third-order valence-corrected chi connectivity index (χ3v) is 5.98. The molecule has 0 atom stereocenters. The second kappa shape index (κ2) is 8.26. The fraction of sp³-hybridized carbons (Fsp3) is 0.0952. The summed E-state index contributed by atoms with van der Waals surface area (Å²) in [6.45, 7) is 0. The molecule has 0 bridgehead atoms. The highest BCUT2D eigenvalue weighted by molar-refractivity contribution is 9.10. The number of carbonyl (C=O) groups is 1. The SMILES string of the molecule is Cn1c(SCC(=O)NN=Cc2c(O)ccc3cc(Br)ccc23)nc2ccccc21. The van der Waals surface area contributed by atoms with Gasteiger partial charge in [-0.3, -0.25) is 4.79 Å². The van der Waals surface area contributed by atoms with E-state index in [2.05, 4.69) is 31.4 Å². The summed E-state index contributed by atoms with van der Waals surface area (Å²) in [5, 5.41) is 16.8. The molecule has 1 aromatic heterocycles. The summed E-state index contributed by atoms with van der Waals surface area (Å²) in [5.74, 6) is 0.0378. The molecule has 0 fully saturated rings. The first-order chi connectivity index (χ1) is 14.0. The van der Waals surface area contributed by atoms with E-state index in [9.17, 15) is 9.90 Å². The Labute approximate surface area is 179 Å². The van der Waals surface area contributed by atoms with Crippen molar-refractivity contribution in [2.24, 2.45) is 12.1 Å². The topological polar surface area (TPSA) is 79.5 Å². The zero-order valence-electron chi connectivity index (χ0n) is 15.5. The number of thioether (sulfide) groups is 1. The van der Waals surface area contributed by atoms with Gasteiger partial charge in [0.05, 0.1) is 23.0 Å². The molecule has 29 heavy (non-hydrogen) atoms. The van der Waals surface area contributed by atoms with Gasteiger partial charge in [-0.2, -0.15) is 5.10 Å². The average molecular weight is 469 g/mol. The van der Waals surface area contributed by atoms with Crippen molar-refractivity contribution in [1.29, 1.82) is 0 Å². The third-order valence-electron chi connectivity index (χ3n) is 4.46. The van der Waals surface area contributed by atoms with Crippen LogP contribution in [0, 0.1) is 0 Å². The first-order valence-electron chi connectivity index (χ1n) is 8.80. The normalized spacial score (nSPS) is 11.5. The van der Waals surface area contributed by atoms with Crippen molar-refractivity contribution in [3.63, 3.8) is 0 Å². The smallest absolute Gasteiger partial charge is 0.250 e. The number of hydrazone groups is 1. The van der Waals surface area contributed by atoms with Crippen LogP contribution < -0.4 is 5.43 Å². The van der Waals surface area contributed by atoms with E-state index in [0.717, 1.165) is 31.4 Å². The molecule has 0 saturated carbocycles. The summed E-state index contributed by atoms with van der Waals surface area (Å²) in [6.07, 6.45) is 1.46. The Morgan fingerprint density at radius 2 is 2.10 bits per heavy atom. The van der Waals surface area contributed by atoms with Crippen molar-refractivity contribution in [3.8, 4) is 5.75 Å². The number of rotatable bonds is 5. The van der Waals surface area contributed by atoms with Gasteiger partial charge in [-0.05, 0) is 41.1 Å². The van der Waals surface area contributed by atoms with Crippen LogP contribution in [0.2, 0.25) is 0 Å². The van der Waals surface area contributed by atoms with E-state index < -0.39 is 0 Å². The number of nitrogens with one attached hydrogen (secondary N) is 1. The highest BCUT2D eigenvalue weighted by atomic mass is 79.9. The fourth-order valence-electron chi connectivity index (χ4n) is 3.03. The van der Waals surface area contributed by atoms with Crippen LogP contribution in [0.25, 0.3) is 21.8 Å². The van der Waals surface area contributed by atoms with Crippen molar-refractivity contribution < 1.29 is 9.90 Å². The maximum atomic E-state index is 12.2. The maximum Gasteiger partial charge on any atom is 0.250 e. The lowest BCUT2D eigenvalue weighted by Gasteiger charge is -2.06. The molecule has 3 aromatic carbocycles. The Morgan fingerprint density at radius 3 is 2.93 bits per heavy atom. The molecule has 4 rings (SSSR count). The number of nitrogens with zero attached hydrogens (tertiary/aromatic N) is 3. The number of para-hydroxylation sites is 2. The largest absolute Gasteiger partial charge is 0.507 e. The number of imidazole rings is 1. The number of halogens is 1. The summed E-state index contributed by atoms with van der Waals surface area (Å²) in [4.78, 5) is 16.7. The summed E-state index contributed by atoms with van der Waals surface area (Å²) < 4.78 is 2.91. The minimum Gasteiger partial charge on any atom is -0.507 e. The van der Waals surface area contributed by atoms with Gasteiger partial charge in [-0.15, -0.1) is 0 Å². The number of aromatic nitrogens is 2. The number of phenolic OH excluding ortho intramolecular Hbond substituents is 1. The molecule has 1 amide bonds. The monoisotopic (exact) mass is 468 g/mol. The molecule has 0 saturated heterocycles. The lowest BCUT2D eigenvalue weighted by molar-refractivity contribution is -0.118. The van der Waals surface area contributed by atoms with Crippen LogP contribution in [0.15, 0.2) is 69.3 Å². The zero-order valence-corrected chi connectivity index (χ0v) is 17.9. The number of phenols is 1. The molecule has 0 aliphatic carbocycles. The Kier molecular flexibility index (Phi) is 5.55. The van der Waals surface area contributed by atoms with E-state index in [4.69, 9.17) is 0 Å². The number of amides is 1. The van der Waals surface area contributed by atoms with Crippen LogP contribution in [0.4, 0.5) is 0 Å². The molecule has 4 aromatic rings. The number of fused-ring (bicyclic) bond motifs is 2. The van der Waals surface area contributed by atoms with Gasteiger partial charge in [0, 0.05) is 17.1 Å². The van der Waals surface area contributed by atoms with Crippen molar-refractivity contribution in [2.45, 2.75) is 5.16 Å². The maximum absolute atomic E-state index is 12.2. The first-order valence-corrected chi connectivity index (χ1v) is 10.6. The van der Waals surface area contributed by atoms with E-state index in [-0.39, 0.29) is 17.4 Å². The third kappa shape index (κ3) is 4.13. The number of hydrogen-bond donors (Lipinski definition) is 2. The molecule has 0 aliphatic rings. The second-order valence-electron chi connectivity index (χ2n) is 6.39. The lowest BCUT2D eigenvalue weighted by Crippen LogP contribution is -2.19. The van der Waals surface area contributed by atoms with Gasteiger partial charge in [-0.1, -0.05) is 52.0 Å². The number of hydrogen-bond acceptors (Lipinski definition) is 5. The number of carbonyl (C=O) groups excluding carboxylic acids is 1. The van der Waals surface area contributed by atoms with Gasteiger partial charge in [0.1, 0.15) is 5.75 Å². The minimum atomic E-state index is -0.249. The Bertz CT molecular complexity index is 1250. The molecule has 8 heteroatoms. The summed E-state index contributed by atoms with van der Waals surface area (Å²) in [7, 11) is 1.93. The predicted octanol–water partition coefficient (Wildman–Crippen LogP) is 4.44. The Morgan fingerprint density at radius 1 is 1.28 bits per heavy atom. The Hall–Kier alpha value is -2.84. The molecule has 1 heterocycles. The quantitative estimate of drug-likeness (QED) is 0.257. The van der Waals surface area contributed by atoms with Gasteiger partial charge in [-0.25, -0.2) is 10.4 Å². The van der Waals surface area contributed by atoms with Crippen LogP contribution >= 0.6 is 27.7 Å². The van der Waals surface area contributed by atoms with Crippen molar-refractivity contribution in [1.82, 2.24) is 15.0 Å². The molecule has 0 spiro atoms. The highest BCUT2D eigenvalue weighted by Gasteiger charge is 2.10. The first kappa shape index (κ1) is 19.5. The number of aromatic hydroxyl groups is 1. The molecule has 146 valence electrons.